The molecule has 0 saturated carbocycles. The van der Waals surface area contributed by atoms with E-state index in [-0.39, 0.29) is 5.41 Å². The number of hydrogen-bond acceptors (Lipinski definition) is 1. The second-order valence-electron chi connectivity index (χ2n) is 4.88. The monoisotopic (exact) mass is 164 g/mol. The molecule has 0 aromatic carbocycles. The van der Waals surface area contributed by atoms with Crippen molar-refractivity contribution in [2.24, 2.45) is 5.41 Å². The van der Waals surface area contributed by atoms with Crippen LogP contribution in [0.4, 0.5) is 0 Å². The Morgan fingerprint density at radius 2 is 1.92 bits per heavy atom. The van der Waals surface area contributed by atoms with Crippen LogP contribution < -0.4 is 0 Å². The van der Waals surface area contributed by atoms with Gasteiger partial charge in [-0.15, -0.1) is 0 Å². The van der Waals surface area contributed by atoms with Crippen LogP contribution in [0.1, 0.15) is 46.0 Å². The number of carbonyl (C=O) groups excluding carboxylic acids is 1. The highest BCUT2D eigenvalue weighted by molar-refractivity contribution is 5.97. The second kappa shape index (κ2) is 2.45. The average molecular weight is 164 g/mol. The highest BCUT2D eigenvalue weighted by Crippen LogP contribution is 2.43. The van der Waals surface area contributed by atoms with Crippen LogP contribution in [-0.4, -0.2) is 5.78 Å². The van der Waals surface area contributed by atoms with Gasteiger partial charge in [0.25, 0.3) is 0 Å². The highest BCUT2D eigenvalue weighted by Gasteiger charge is 2.34. The van der Waals surface area contributed by atoms with Crippen LogP contribution in [0.5, 0.6) is 0 Å². The Bertz CT molecular complexity index is 258. The second-order valence-corrected chi connectivity index (χ2v) is 4.88. The molecule has 0 atom stereocenters. The zero-order valence-electron chi connectivity index (χ0n) is 7.94. The first-order chi connectivity index (χ1) is 5.58. The number of allylic oxidation sites excluding steroid dienone is 2. The van der Waals surface area contributed by atoms with Crippen LogP contribution >= 0.6 is 0 Å². The predicted octanol–water partition coefficient (Wildman–Crippen LogP) is 2.86. The molecule has 0 spiro atoms. The fraction of sp³-hybridized carbons (Fsp3) is 0.727. The van der Waals surface area contributed by atoms with Gasteiger partial charge in [-0.05, 0) is 36.7 Å². The van der Waals surface area contributed by atoms with Crippen LogP contribution in [0, 0.1) is 5.41 Å². The van der Waals surface area contributed by atoms with E-state index in [9.17, 15) is 4.79 Å². The maximum atomic E-state index is 11.6. The first kappa shape index (κ1) is 8.03. The van der Waals surface area contributed by atoms with Gasteiger partial charge in [0.2, 0.25) is 0 Å². The van der Waals surface area contributed by atoms with Crippen molar-refractivity contribution < 1.29 is 4.79 Å². The van der Waals surface area contributed by atoms with Gasteiger partial charge in [-0.1, -0.05) is 19.4 Å². The standard InChI is InChI=1S/C11H16O/c1-11(2)6-8-4-3-5-9(8)10(12)7-11/h3-7H2,1-2H3. The number of rotatable bonds is 0. The van der Waals surface area contributed by atoms with E-state index in [1.54, 1.807) is 0 Å². The molecule has 2 aliphatic carbocycles. The quantitative estimate of drug-likeness (QED) is 0.538. The fourth-order valence-electron chi connectivity index (χ4n) is 2.52. The third-order valence-corrected chi connectivity index (χ3v) is 3.00. The summed E-state index contributed by atoms with van der Waals surface area (Å²) in [6.45, 7) is 4.40. The van der Waals surface area contributed by atoms with Crippen LogP contribution in [0.2, 0.25) is 0 Å². The largest absolute Gasteiger partial charge is 0.295 e. The summed E-state index contributed by atoms with van der Waals surface area (Å²) in [4.78, 5) is 11.6. The number of carbonyl (C=O) groups is 1. The maximum absolute atomic E-state index is 11.6. The minimum Gasteiger partial charge on any atom is -0.295 e. The minimum absolute atomic E-state index is 0.236. The molecular formula is C11H16O. The molecule has 2 aliphatic rings. The first-order valence-electron chi connectivity index (χ1n) is 4.83. The normalized spacial score (nSPS) is 27.7. The summed E-state index contributed by atoms with van der Waals surface area (Å²) in [5.41, 5.74) is 2.89. The Hall–Kier alpha value is -0.590. The van der Waals surface area contributed by atoms with Gasteiger partial charge >= 0.3 is 0 Å². The van der Waals surface area contributed by atoms with Crippen molar-refractivity contribution >= 4 is 5.78 Å². The Morgan fingerprint density at radius 1 is 1.17 bits per heavy atom. The summed E-state index contributed by atoms with van der Waals surface area (Å²) < 4.78 is 0. The molecule has 1 nitrogen and oxygen atoms in total. The summed E-state index contributed by atoms with van der Waals surface area (Å²) >= 11 is 0. The van der Waals surface area contributed by atoms with E-state index in [0.29, 0.717) is 5.78 Å². The third-order valence-electron chi connectivity index (χ3n) is 3.00. The Labute approximate surface area is 73.8 Å². The van der Waals surface area contributed by atoms with Crippen molar-refractivity contribution in [1.82, 2.24) is 0 Å². The van der Waals surface area contributed by atoms with Crippen LogP contribution in [0.25, 0.3) is 0 Å². The lowest BCUT2D eigenvalue weighted by atomic mass is 9.74. The van der Waals surface area contributed by atoms with Crippen molar-refractivity contribution in [1.29, 1.82) is 0 Å². The molecule has 0 unspecified atom stereocenters. The lowest BCUT2D eigenvalue weighted by molar-refractivity contribution is -0.118. The van der Waals surface area contributed by atoms with Crippen molar-refractivity contribution in [2.75, 3.05) is 0 Å². The van der Waals surface area contributed by atoms with Crippen molar-refractivity contribution in [2.45, 2.75) is 46.0 Å². The van der Waals surface area contributed by atoms with Gasteiger partial charge in [-0.3, -0.25) is 4.79 Å². The minimum atomic E-state index is 0.236. The zero-order chi connectivity index (χ0) is 8.77. The fourth-order valence-corrected chi connectivity index (χ4v) is 2.52. The Balaban J connectivity index is 2.31. The third kappa shape index (κ3) is 1.21. The Morgan fingerprint density at radius 3 is 2.67 bits per heavy atom. The molecular weight excluding hydrogens is 148 g/mol. The molecule has 66 valence electrons. The van der Waals surface area contributed by atoms with Gasteiger partial charge in [0.05, 0.1) is 0 Å². The lowest BCUT2D eigenvalue weighted by Gasteiger charge is -2.29. The van der Waals surface area contributed by atoms with Crippen LogP contribution in [-0.2, 0) is 4.79 Å². The van der Waals surface area contributed by atoms with Crippen LogP contribution in [0.15, 0.2) is 11.1 Å². The van der Waals surface area contributed by atoms with Gasteiger partial charge in [0.1, 0.15) is 0 Å². The molecule has 0 saturated heterocycles. The molecule has 0 fully saturated rings. The van der Waals surface area contributed by atoms with E-state index in [2.05, 4.69) is 13.8 Å². The topological polar surface area (TPSA) is 17.1 Å². The molecule has 0 aliphatic heterocycles. The molecule has 0 aromatic rings. The predicted molar refractivity (Wildman–Crippen MR) is 48.9 cm³/mol. The average Bonchev–Trinajstić information content (AvgIpc) is 2.31. The molecule has 0 heterocycles. The van der Waals surface area contributed by atoms with E-state index in [0.717, 1.165) is 19.3 Å². The van der Waals surface area contributed by atoms with E-state index in [1.807, 2.05) is 0 Å². The van der Waals surface area contributed by atoms with E-state index in [4.69, 9.17) is 0 Å². The first-order valence-corrected chi connectivity index (χ1v) is 4.83. The molecule has 0 radical (unpaired) electrons. The van der Waals surface area contributed by atoms with E-state index >= 15 is 0 Å². The lowest BCUT2D eigenvalue weighted by Crippen LogP contribution is -2.23. The maximum Gasteiger partial charge on any atom is 0.159 e. The van der Waals surface area contributed by atoms with E-state index < -0.39 is 0 Å². The zero-order valence-corrected chi connectivity index (χ0v) is 7.94. The molecule has 0 bridgehead atoms. The number of hydrogen-bond donors (Lipinski definition) is 0. The van der Waals surface area contributed by atoms with Crippen LogP contribution in [0.3, 0.4) is 0 Å². The number of ketones is 1. The van der Waals surface area contributed by atoms with Gasteiger partial charge in [-0.25, -0.2) is 0 Å². The molecule has 0 N–H and O–H groups in total. The molecule has 1 heteroatoms. The molecule has 12 heavy (non-hydrogen) atoms. The molecule has 2 rings (SSSR count). The van der Waals surface area contributed by atoms with Gasteiger partial charge in [0.15, 0.2) is 5.78 Å². The van der Waals surface area contributed by atoms with Gasteiger partial charge < -0.3 is 0 Å². The SMILES string of the molecule is CC1(C)CC(=O)C2=C(CCC2)C1. The van der Waals surface area contributed by atoms with Gasteiger partial charge in [0, 0.05) is 6.42 Å². The summed E-state index contributed by atoms with van der Waals surface area (Å²) in [6, 6.07) is 0. The Kier molecular flexibility index (Phi) is 1.64. The summed E-state index contributed by atoms with van der Waals surface area (Å²) in [5.74, 6) is 0.429. The summed E-state index contributed by atoms with van der Waals surface area (Å²) in [6.07, 6.45) is 5.39. The van der Waals surface area contributed by atoms with Crippen molar-refractivity contribution in [3.63, 3.8) is 0 Å². The van der Waals surface area contributed by atoms with E-state index in [1.165, 1.54) is 24.0 Å². The van der Waals surface area contributed by atoms with Crippen molar-refractivity contribution in [3.05, 3.63) is 11.1 Å². The summed E-state index contributed by atoms with van der Waals surface area (Å²) in [5, 5.41) is 0. The van der Waals surface area contributed by atoms with Gasteiger partial charge in [-0.2, -0.15) is 0 Å². The molecule has 0 aromatic heterocycles. The number of Topliss-reactive ketones (excluding diaryl/α,β-unsaturated/α-hetero) is 1. The van der Waals surface area contributed by atoms with Crippen molar-refractivity contribution in [3.8, 4) is 0 Å². The molecule has 0 amide bonds. The highest BCUT2D eigenvalue weighted by atomic mass is 16.1. The summed E-state index contributed by atoms with van der Waals surface area (Å²) in [7, 11) is 0. The smallest absolute Gasteiger partial charge is 0.159 e.